The van der Waals surface area contributed by atoms with Crippen LogP contribution in [0, 0.1) is 0 Å². The molecule has 2 aromatic carbocycles. The molecule has 3 nitrogen and oxygen atoms in total. The minimum atomic E-state index is -0.769. The summed E-state index contributed by atoms with van der Waals surface area (Å²) in [5.41, 5.74) is 7.60. The van der Waals surface area contributed by atoms with Gasteiger partial charge in [-0.15, -0.1) is 0 Å². The summed E-state index contributed by atoms with van der Waals surface area (Å²) in [4.78, 5) is 12.7. The van der Waals surface area contributed by atoms with Gasteiger partial charge in [-0.1, -0.05) is 48.0 Å². The molecule has 4 heteroatoms. The first-order valence-electron chi connectivity index (χ1n) is 7.67. The molecule has 3 N–H and O–H groups in total. The van der Waals surface area contributed by atoms with Crippen LogP contribution >= 0.6 is 11.6 Å². The molecule has 0 spiro atoms. The Kier molecular flexibility index (Phi) is 4.51. The van der Waals surface area contributed by atoms with Crippen molar-refractivity contribution in [1.82, 2.24) is 5.32 Å². The van der Waals surface area contributed by atoms with E-state index >= 15 is 0 Å². The fourth-order valence-electron chi connectivity index (χ4n) is 2.99. The van der Waals surface area contributed by atoms with Crippen molar-refractivity contribution in [3.63, 3.8) is 0 Å². The second kappa shape index (κ2) is 6.57. The van der Waals surface area contributed by atoms with Gasteiger partial charge >= 0.3 is 0 Å². The van der Waals surface area contributed by atoms with Gasteiger partial charge in [0.15, 0.2) is 5.78 Å². The summed E-state index contributed by atoms with van der Waals surface area (Å²) >= 11 is 6.38. The molecule has 0 bridgehead atoms. The van der Waals surface area contributed by atoms with Crippen LogP contribution in [0.3, 0.4) is 0 Å². The van der Waals surface area contributed by atoms with Crippen molar-refractivity contribution in [3.05, 3.63) is 76.8 Å². The Balaban J connectivity index is 1.93. The normalized spacial score (nSPS) is 20.7. The van der Waals surface area contributed by atoms with E-state index in [4.69, 9.17) is 17.3 Å². The third-order valence-corrected chi connectivity index (χ3v) is 4.61. The average molecular weight is 327 g/mol. The summed E-state index contributed by atoms with van der Waals surface area (Å²) in [6, 6.07) is 15.2. The maximum Gasteiger partial charge on any atom is 0.179 e. The van der Waals surface area contributed by atoms with Crippen molar-refractivity contribution in [1.29, 1.82) is 0 Å². The number of nitrogens with one attached hydrogen (secondary N) is 1. The van der Waals surface area contributed by atoms with E-state index in [1.165, 1.54) is 0 Å². The van der Waals surface area contributed by atoms with Crippen LogP contribution in [0.1, 0.15) is 24.0 Å². The minimum absolute atomic E-state index is 0.0484. The zero-order chi connectivity index (χ0) is 16.3. The minimum Gasteiger partial charge on any atom is -0.399 e. The summed E-state index contributed by atoms with van der Waals surface area (Å²) in [6.07, 6.45) is 5.11. The number of halogens is 1. The van der Waals surface area contributed by atoms with E-state index in [9.17, 15) is 4.79 Å². The van der Waals surface area contributed by atoms with Crippen LogP contribution in [0.4, 0.5) is 5.69 Å². The molecule has 118 valence electrons. The van der Waals surface area contributed by atoms with E-state index < -0.39 is 5.54 Å². The van der Waals surface area contributed by atoms with Crippen LogP contribution in [-0.2, 0) is 16.9 Å². The van der Waals surface area contributed by atoms with Gasteiger partial charge in [-0.05, 0) is 48.2 Å². The number of carbonyl (C=O) groups excluding carboxylic acids is 1. The molecule has 0 radical (unpaired) electrons. The summed E-state index contributed by atoms with van der Waals surface area (Å²) in [5, 5.41) is 4.06. The molecule has 1 unspecified atom stereocenters. The first-order valence-corrected chi connectivity index (χ1v) is 8.05. The highest BCUT2D eigenvalue weighted by Gasteiger charge is 2.40. The predicted octanol–water partition coefficient (Wildman–Crippen LogP) is 3.83. The molecule has 2 aromatic rings. The van der Waals surface area contributed by atoms with E-state index in [1.54, 1.807) is 6.08 Å². The number of hydrogen-bond donors (Lipinski definition) is 2. The molecule has 0 fully saturated rings. The largest absolute Gasteiger partial charge is 0.399 e. The monoisotopic (exact) mass is 326 g/mol. The Morgan fingerprint density at radius 1 is 1.13 bits per heavy atom. The highest BCUT2D eigenvalue weighted by atomic mass is 35.5. The molecular weight excluding hydrogens is 308 g/mol. The zero-order valence-electron chi connectivity index (χ0n) is 12.8. The molecule has 23 heavy (non-hydrogen) atoms. The quantitative estimate of drug-likeness (QED) is 0.840. The van der Waals surface area contributed by atoms with Crippen molar-refractivity contribution in [3.8, 4) is 0 Å². The number of carbonyl (C=O) groups is 1. The molecule has 0 saturated carbocycles. The fourth-order valence-corrected chi connectivity index (χ4v) is 3.29. The van der Waals surface area contributed by atoms with Crippen molar-refractivity contribution in [2.24, 2.45) is 0 Å². The lowest BCUT2D eigenvalue weighted by atomic mass is 9.78. The molecule has 3 rings (SSSR count). The second-order valence-corrected chi connectivity index (χ2v) is 6.19. The van der Waals surface area contributed by atoms with Crippen molar-refractivity contribution >= 4 is 23.1 Å². The number of nitrogen functional groups attached to an aromatic ring is 1. The Bertz CT molecular complexity index is 739. The summed E-state index contributed by atoms with van der Waals surface area (Å²) in [7, 11) is 0. The molecule has 1 aliphatic carbocycles. The zero-order valence-corrected chi connectivity index (χ0v) is 13.5. The lowest BCUT2D eigenvalue weighted by molar-refractivity contribution is -0.122. The average Bonchev–Trinajstić information content (AvgIpc) is 2.56. The van der Waals surface area contributed by atoms with E-state index in [-0.39, 0.29) is 5.78 Å². The molecule has 0 amide bonds. The van der Waals surface area contributed by atoms with Gasteiger partial charge in [0.1, 0.15) is 5.54 Å². The van der Waals surface area contributed by atoms with Gasteiger partial charge < -0.3 is 5.73 Å². The maximum absolute atomic E-state index is 12.7. The summed E-state index contributed by atoms with van der Waals surface area (Å²) in [5.74, 6) is 0.0484. The first kappa shape index (κ1) is 15.8. The molecule has 0 saturated heterocycles. The van der Waals surface area contributed by atoms with E-state index in [2.05, 4.69) is 5.32 Å². The smallest absolute Gasteiger partial charge is 0.179 e. The topological polar surface area (TPSA) is 55.1 Å². The van der Waals surface area contributed by atoms with Gasteiger partial charge in [0, 0.05) is 17.3 Å². The highest BCUT2D eigenvalue weighted by Crippen LogP contribution is 2.36. The molecule has 0 aliphatic heterocycles. The van der Waals surface area contributed by atoms with Gasteiger partial charge in [0.05, 0.1) is 0 Å². The summed E-state index contributed by atoms with van der Waals surface area (Å²) < 4.78 is 0. The van der Waals surface area contributed by atoms with Crippen molar-refractivity contribution in [2.75, 3.05) is 5.73 Å². The highest BCUT2D eigenvalue weighted by molar-refractivity contribution is 6.31. The van der Waals surface area contributed by atoms with Crippen LogP contribution in [0.25, 0.3) is 0 Å². The molecule has 0 heterocycles. The Morgan fingerprint density at radius 3 is 2.57 bits per heavy atom. The predicted molar refractivity (Wildman–Crippen MR) is 94.2 cm³/mol. The second-order valence-electron chi connectivity index (χ2n) is 5.79. The Morgan fingerprint density at radius 2 is 1.87 bits per heavy atom. The van der Waals surface area contributed by atoms with Gasteiger partial charge in [0.2, 0.25) is 0 Å². The van der Waals surface area contributed by atoms with Crippen molar-refractivity contribution < 1.29 is 4.79 Å². The lowest BCUT2D eigenvalue weighted by Gasteiger charge is -2.35. The number of benzene rings is 2. The van der Waals surface area contributed by atoms with E-state index in [0.29, 0.717) is 18.0 Å². The molecule has 1 aliphatic rings. The molecule has 1 atom stereocenters. The lowest BCUT2D eigenvalue weighted by Crippen LogP contribution is -2.49. The Labute approximate surface area is 141 Å². The van der Waals surface area contributed by atoms with E-state index in [1.807, 2.05) is 54.6 Å². The van der Waals surface area contributed by atoms with Gasteiger partial charge in [-0.3, -0.25) is 10.1 Å². The van der Waals surface area contributed by atoms with Gasteiger partial charge in [-0.25, -0.2) is 0 Å². The van der Waals surface area contributed by atoms with Crippen LogP contribution in [-0.4, -0.2) is 5.78 Å². The number of allylic oxidation sites excluding steroid dienone is 1. The maximum atomic E-state index is 12.7. The van der Waals surface area contributed by atoms with Crippen LogP contribution in [0.15, 0.2) is 60.7 Å². The van der Waals surface area contributed by atoms with Crippen LogP contribution in [0.2, 0.25) is 5.02 Å². The number of nitrogens with two attached hydrogens (primary N) is 1. The molecular formula is C19H19ClN2O. The number of anilines is 1. The number of rotatable bonds is 4. The third-order valence-electron chi connectivity index (χ3n) is 4.28. The van der Waals surface area contributed by atoms with Crippen LogP contribution in [0.5, 0.6) is 0 Å². The third kappa shape index (κ3) is 3.16. The number of hydrogen-bond acceptors (Lipinski definition) is 3. The fraction of sp³-hybridized carbons (Fsp3) is 0.211. The summed E-state index contributed by atoms with van der Waals surface area (Å²) in [6.45, 7) is 0.574. The SMILES string of the molecule is Nc1ccc(CNC2(c3ccccc3Cl)CCC=CC2=O)cc1. The number of ketones is 1. The standard InChI is InChI=1S/C19H19ClN2O/c20-17-6-2-1-5-16(17)19(12-4-3-7-18(19)23)22-13-14-8-10-15(21)11-9-14/h1-3,5-11,22H,4,12-13,21H2. The van der Waals surface area contributed by atoms with Gasteiger partial charge in [0.25, 0.3) is 0 Å². The molecule has 0 aromatic heterocycles. The van der Waals surface area contributed by atoms with E-state index in [0.717, 1.165) is 23.2 Å². The Hall–Kier alpha value is -2.10. The first-order chi connectivity index (χ1) is 11.1. The van der Waals surface area contributed by atoms with Crippen molar-refractivity contribution in [2.45, 2.75) is 24.9 Å². The van der Waals surface area contributed by atoms with Gasteiger partial charge in [-0.2, -0.15) is 0 Å². The van der Waals surface area contributed by atoms with Crippen LogP contribution < -0.4 is 11.1 Å².